The minimum Gasteiger partial charge on any atom is -0.481 e. The molecule has 1 aliphatic heterocycles. The van der Waals surface area contributed by atoms with E-state index in [1.807, 2.05) is 20.8 Å². The molecule has 6 nitrogen and oxygen atoms in total. The molecule has 2 unspecified atom stereocenters. The molecule has 1 N–H and O–H groups in total. The van der Waals surface area contributed by atoms with Gasteiger partial charge in [-0.3, -0.25) is 4.79 Å². The minimum absolute atomic E-state index is 0.176. The van der Waals surface area contributed by atoms with Gasteiger partial charge in [-0.25, -0.2) is 4.98 Å². The van der Waals surface area contributed by atoms with E-state index in [2.05, 4.69) is 20.1 Å². The third kappa shape index (κ3) is 3.43. The number of rotatable bonds is 4. The number of hydrogen-bond acceptors (Lipinski definition) is 5. The second-order valence-corrected chi connectivity index (χ2v) is 5.71. The molecule has 0 spiro atoms. The van der Waals surface area contributed by atoms with Gasteiger partial charge in [0.15, 0.2) is 0 Å². The van der Waals surface area contributed by atoms with E-state index in [1.165, 1.54) is 0 Å². The Balaban J connectivity index is 2.06. The summed E-state index contributed by atoms with van der Waals surface area (Å²) in [6, 6.07) is 0. The number of aryl methyl sites for hydroxylation is 2. The summed E-state index contributed by atoms with van der Waals surface area (Å²) in [7, 11) is 0. The van der Waals surface area contributed by atoms with Crippen molar-refractivity contribution in [2.24, 2.45) is 11.8 Å². The second kappa shape index (κ2) is 6.15. The van der Waals surface area contributed by atoms with Crippen molar-refractivity contribution in [1.82, 2.24) is 15.2 Å². The Morgan fingerprint density at radius 1 is 1.40 bits per heavy atom. The Labute approximate surface area is 119 Å². The number of aliphatic carboxylic acids is 1. The Kier molecular flexibility index (Phi) is 4.52. The predicted octanol–water partition coefficient (Wildman–Crippen LogP) is 1.82. The fourth-order valence-corrected chi connectivity index (χ4v) is 2.68. The predicted molar refractivity (Wildman–Crippen MR) is 75.7 cm³/mol. The van der Waals surface area contributed by atoms with E-state index in [1.54, 1.807) is 0 Å². The Bertz CT molecular complexity index is 492. The van der Waals surface area contributed by atoms with Crippen molar-refractivity contribution < 1.29 is 9.90 Å². The van der Waals surface area contributed by atoms with Gasteiger partial charge >= 0.3 is 5.97 Å². The number of nitrogens with zero attached hydrogens (tertiary/aromatic N) is 4. The van der Waals surface area contributed by atoms with Crippen LogP contribution in [0.4, 0.5) is 5.95 Å². The molecule has 0 amide bonds. The molecule has 0 aromatic carbocycles. The van der Waals surface area contributed by atoms with E-state index < -0.39 is 5.97 Å². The average Bonchev–Trinajstić information content (AvgIpc) is 2.41. The van der Waals surface area contributed by atoms with Crippen molar-refractivity contribution in [1.29, 1.82) is 0 Å². The lowest BCUT2D eigenvalue weighted by molar-refractivity contribution is -0.138. The van der Waals surface area contributed by atoms with Crippen LogP contribution in [-0.4, -0.2) is 39.3 Å². The average molecular weight is 278 g/mol. The fraction of sp³-hybridized carbons (Fsp3) is 0.714. The summed E-state index contributed by atoms with van der Waals surface area (Å²) in [6.07, 6.45) is 2.35. The number of aromatic nitrogens is 3. The summed E-state index contributed by atoms with van der Waals surface area (Å²) in [6.45, 7) is 7.58. The number of piperidine rings is 1. The van der Waals surface area contributed by atoms with Crippen LogP contribution in [0, 0.1) is 25.7 Å². The minimum atomic E-state index is -0.723. The van der Waals surface area contributed by atoms with E-state index in [4.69, 9.17) is 5.11 Å². The zero-order valence-corrected chi connectivity index (χ0v) is 12.3. The fourth-order valence-electron chi connectivity index (χ4n) is 2.68. The SMILES string of the molecule is Cc1nnc(N2CCCC(C(C)CC(=O)O)C2)nc1C. The zero-order valence-electron chi connectivity index (χ0n) is 12.3. The molecular weight excluding hydrogens is 256 g/mol. The lowest BCUT2D eigenvalue weighted by atomic mass is 9.85. The third-order valence-electron chi connectivity index (χ3n) is 4.12. The maximum atomic E-state index is 10.8. The Morgan fingerprint density at radius 3 is 2.80 bits per heavy atom. The van der Waals surface area contributed by atoms with Gasteiger partial charge in [-0.15, -0.1) is 5.10 Å². The lowest BCUT2D eigenvalue weighted by Crippen LogP contribution is -2.39. The molecule has 6 heteroatoms. The van der Waals surface area contributed by atoms with Crippen LogP contribution >= 0.6 is 0 Å². The van der Waals surface area contributed by atoms with Crippen molar-refractivity contribution in [3.05, 3.63) is 11.4 Å². The standard InChI is InChI=1S/C14H22N4O2/c1-9(7-13(19)20)12-5-4-6-18(8-12)14-15-10(2)11(3)16-17-14/h9,12H,4-8H2,1-3H3,(H,19,20). The zero-order chi connectivity index (χ0) is 14.7. The molecule has 2 atom stereocenters. The highest BCUT2D eigenvalue weighted by Gasteiger charge is 2.27. The molecule has 110 valence electrons. The first kappa shape index (κ1) is 14.7. The quantitative estimate of drug-likeness (QED) is 0.905. The van der Waals surface area contributed by atoms with Gasteiger partial charge < -0.3 is 10.0 Å². The van der Waals surface area contributed by atoms with E-state index in [0.717, 1.165) is 37.3 Å². The van der Waals surface area contributed by atoms with Crippen molar-refractivity contribution in [3.63, 3.8) is 0 Å². The van der Waals surface area contributed by atoms with Gasteiger partial charge in [0.1, 0.15) is 0 Å². The highest BCUT2D eigenvalue weighted by Crippen LogP contribution is 2.27. The van der Waals surface area contributed by atoms with Gasteiger partial charge in [0.05, 0.1) is 11.4 Å². The summed E-state index contributed by atoms with van der Waals surface area (Å²) >= 11 is 0. The molecular formula is C14H22N4O2. The van der Waals surface area contributed by atoms with Gasteiger partial charge in [-0.05, 0) is 38.5 Å². The molecule has 1 fully saturated rings. The van der Waals surface area contributed by atoms with Crippen LogP contribution in [0.25, 0.3) is 0 Å². The molecule has 2 heterocycles. The molecule has 0 bridgehead atoms. The van der Waals surface area contributed by atoms with E-state index >= 15 is 0 Å². The van der Waals surface area contributed by atoms with Gasteiger partial charge in [0, 0.05) is 19.5 Å². The number of anilines is 1. The lowest BCUT2D eigenvalue weighted by Gasteiger charge is -2.35. The van der Waals surface area contributed by atoms with Gasteiger partial charge in [0.2, 0.25) is 5.95 Å². The smallest absolute Gasteiger partial charge is 0.303 e. The first-order valence-electron chi connectivity index (χ1n) is 7.12. The van der Waals surface area contributed by atoms with Crippen molar-refractivity contribution in [2.45, 2.75) is 40.0 Å². The van der Waals surface area contributed by atoms with Gasteiger partial charge in [0.25, 0.3) is 0 Å². The molecule has 0 aliphatic carbocycles. The van der Waals surface area contributed by atoms with E-state index in [-0.39, 0.29) is 12.3 Å². The van der Waals surface area contributed by atoms with Crippen LogP contribution in [0.2, 0.25) is 0 Å². The first-order chi connectivity index (χ1) is 9.47. The molecule has 0 saturated carbocycles. The highest BCUT2D eigenvalue weighted by atomic mass is 16.4. The maximum Gasteiger partial charge on any atom is 0.303 e. The van der Waals surface area contributed by atoms with Crippen LogP contribution in [0.5, 0.6) is 0 Å². The van der Waals surface area contributed by atoms with Crippen LogP contribution in [-0.2, 0) is 4.79 Å². The summed E-state index contributed by atoms with van der Waals surface area (Å²) < 4.78 is 0. The van der Waals surface area contributed by atoms with Crippen molar-refractivity contribution in [3.8, 4) is 0 Å². The third-order valence-corrected chi connectivity index (χ3v) is 4.12. The van der Waals surface area contributed by atoms with Crippen molar-refractivity contribution >= 4 is 11.9 Å². The number of carboxylic acid groups (broad SMARTS) is 1. The topological polar surface area (TPSA) is 79.2 Å². The van der Waals surface area contributed by atoms with Crippen LogP contribution in [0.1, 0.15) is 37.6 Å². The monoisotopic (exact) mass is 278 g/mol. The first-order valence-corrected chi connectivity index (χ1v) is 7.12. The van der Waals surface area contributed by atoms with Crippen LogP contribution in [0.3, 0.4) is 0 Å². The van der Waals surface area contributed by atoms with E-state index in [9.17, 15) is 4.79 Å². The summed E-state index contributed by atoms with van der Waals surface area (Å²) in [5, 5.41) is 17.2. The van der Waals surface area contributed by atoms with Crippen LogP contribution < -0.4 is 4.90 Å². The summed E-state index contributed by atoms with van der Waals surface area (Å²) in [4.78, 5) is 17.5. The maximum absolute atomic E-state index is 10.8. The van der Waals surface area contributed by atoms with Gasteiger partial charge in [-0.2, -0.15) is 5.10 Å². The molecule has 0 radical (unpaired) electrons. The Morgan fingerprint density at radius 2 is 2.15 bits per heavy atom. The number of carboxylic acids is 1. The van der Waals surface area contributed by atoms with Crippen molar-refractivity contribution in [2.75, 3.05) is 18.0 Å². The molecule has 20 heavy (non-hydrogen) atoms. The summed E-state index contributed by atoms with van der Waals surface area (Å²) in [5.41, 5.74) is 1.75. The number of carbonyl (C=O) groups is 1. The molecule has 1 aromatic rings. The summed E-state index contributed by atoms with van der Waals surface area (Å²) in [5.74, 6) is 0.499. The van der Waals surface area contributed by atoms with Gasteiger partial charge in [-0.1, -0.05) is 6.92 Å². The number of hydrogen-bond donors (Lipinski definition) is 1. The normalized spacial score (nSPS) is 20.8. The molecule has 2 rings (SSSR count). The Hall–Kier alpha value is -1.72. The highest BCUT2D eigenvalue weighted by molar-refractivity contribution is 5.67. The molecule has 1 saturated heterocycles. The van der Waals surface area contributed by atoms with E-state index in [0.29, 0.717) is 11.9 Å². The molecule has 1 aromatic heterocycles. The molecule has 1 aliphatic rings. The van der Waals surface area contributed by atoms with Crippen LogP contribution in [0.15, 0.2) is 0 Å². The second-order valence-electron chi connectivity index (χ2n) is 5.71. The largest absolute Gasteiger partial charge is 0.481 e.